The molecule has 1 aromatic carbocycles. The van der Waals surface area contributed by atoms with E-state index in [1.807, 2.05) is 24.3 Å². The van der Waals surface area contributed by atoms with Crippen LogP contribution >= 0.6 is 12.4 Å². The van der Waals surface area contributed by atoms with Crippen molar-refractivity contribution >= 4 is 12.4 Å². The summed E-state index contributed by atoms with van der Waals surface area (Å²) < 4.78 is 5.09. The van der Waals surface area contributed by atoms with E-state index in [-0.39, 0.29) is 25.1 Å². The van der Waals surface area contributed by atoms with Gasteiger partial charge in [-0.3, -0.25) is 0 Å². The van der Waals surface area contributed by atoms with Gasteiger partial charge in [0.1, 0.15) is 5.75 Å². The summed E-state index contributed by atoms with van der Waals surface area (Å²) in [5, 5.41) is 12.5. The average Bonchev–Trinajstić information content (AvgIpc) is 2.30. The minimum Gasteiger partial charge on any atom is -0.497 e. The van der Waals surface area contributed by atoms with Crippen LogP contribution in [0.5, 0.6) is 5.75 Å². The summed E-state index contributed by atoms with van der Waals surface area (Å²) in [7, 11) is 1.66. The Bertz CT molecular complexity index is 301. The first kappa shape index (κ1) is 16.2. The molecule has 0 aliphatic carbocycles. The normalized spacial score (nSPS) is 12.1. The molecule has 2 N–H and O–H groups in total. The predicted molar refractivity (Wildman–Crippen MR) is 72.8 cm³/mol. The van der Waals surface area contributed by atoms with Gasteiger partial charge in [0.2, 0.25) is 0 Å². The van der Waals surface area contributed by atoms with Gasteiger partial charge >= 0.3 is 0 Å². The third-order valence-corrected chi connectivity index (χ3v) is 2.73. The molecule has 0 saturated heterocycles. The molecule has 0 radical (unpaired) electrons. The number of ether oxygens (including phenoxy) is 1. The lowest BCUT2D eigenvalue weighted by Gasteiger charge is -2.19. The van der Waals surface area contributed by atoms with Crippen LogP contribution in [0.25, 0.3) is 0 Å². The monoisotopic (exact) mass is 259 g/mol. The van der Waals surface area contributed by atoms with Gasteiger partial charge in [-0.1, -0.05) is 26.0 Å². The van der Waals surface area contributed by atoms with Crippen LogP contribution in [0.15, 0.2) is 24.3 Å². The first-order valence-electron chi connectivity index (χ1n) is 5.64. The zero-order valence-electron chi connectivity index (χ0n) is 10.6. The van der Waals surface area contributed by atoms with Crippen LogP contribution in [0.1, 0.15) is 19.4 Å². The van der Waals surface area contributed by atoms with Crippen molar-refractivity contribution in [3.63, 3.8) is 0 Å². The summed E-state index contributed by atoms with van der Waals surface area (Å²) in [6.07, 6.45) is 0. The first-order valence-corrected chi connectivity index (χ1v) is 5.64. The van der Waals surface area contributed by atoms with Gasteiger partial charge in [0.05, 0.1) is 13.7 Å². The van der Waals surface area contributed by atoms with Crippen molar-refractivity contribution in [1.29, 1.82) is 0 Å². The highest BCUT2D eigenvalue weighted by Crippen LogP contribution is 2.11. The van der Waals surface area contributed by atoms with Crippen molar-refractivity contribution in [3.05, 3.63) is 29.8 Å². The van der Waals surface area contributed by atoms with Crippen LogP contribution < -0.4 is 10.1 Å². The van der Waals surface area contributed by atoms with Crippen molar-refractivity contribution in [1.82, 2.24) is 5.32 Å². The second kappa shape index (κ2) is 8.34. The molecule has 0 heterocycles. The Morgan fingerprint density at radius 1 is 1.24 bits per heavy atom. The molecule has 3 nitrogen and oxygen atoms in total. The van der Waals surface area contributed by atoms with Crippen LogP contribution in [0.4, 0.5) is 0 Å². The van der Waals surface area contributed by atoms with Gasteiger partial charge in [0, 0.05) is 12.6 Å². The van der Waals surface area contributed by atoms with Crippen LogP contribution in [0.3, 0.4) is 0 Å². The van der Waals surface area contributed by atoms with Gasteiger partial charge < -0.3 is 15.2 Å². The molecule has 0 aliphatic rings. The van der Waals surface area contributed by atoms with Crippen molar-refractivity contribution in [3.8, 4) is 5.75 Å². The number of rotatable bonds is 6. The number of methoxy groups -OCH3 is 1. The van der Waals surface area contributed by atoms with E-state index in [2.05, 4.69) is 19.2 Å². The van der Waals surface area contributed by atoms with Gasteiger partial charge in [-0.05, 0) is 23.6 Å². The Kier molecular flexibility index (Phi) is 7.96. The number of hydrogen-bond donors (Lipinski definition) is 2. The van der Waals surface area contributed by atoms with E-state index in [0.29, 0.717) is 5.92 Å². The van der Waals surface area contributed by atoms with Crippen molar-refractivity contribution < 1.29 is 9.84 Å². The van der Waals surface area contributed by atoms with Gasteiger partial charge in [-0.2, -0.15) is 0 Å². The predicted octanol–water partition coefficient (Wildman–Crippen LogP) is 2.22. The zero-order valence-corrected chi connectivity index (χ0v) is 11.5. The summed E-state index contributed by atoms with van der Waals surface area (Å²) in [6.45, 7) is 5.14. The smallest absolute Gasteiger partial charge is 0.118 e. The fraction of sp³-hybridized carbons (Fsp3) is 0.538. The van der Waals surface area contributed by atoms with E-state index < -0.39 is 0 Å². The summed E-state index contributed by atoms with van der Waals surface area (Å²) in [4.78, 5) is 0. The molecule has 0 amide bonds. The maximum atomic E-state index is 9.17. The molecule has 0 aromatic heterocycles. The van der Waals surface area contributed by atoms with Gasteiger partial charge in [0.15, 0.2) is 0 Å². The summed E-state index contributed by atoms with van der Waals surface area (Å²) in [6, 6.07) is 8.10. The SMILES string of the molecule is COc1ccc(CNC(CO)C(C)C)cc1.Cl. The Balaban J connectivity index is 0.00000256. The largest absolute Gasteiger partial charge is 0.497 e. The highest BCUT2D eigenvalue weighted by atomic mass is 35.5. The van der Waals surface area contributed by atoms with Gasteiger partial charge in [-0.15, -0.1) is 12.4 Å². The summed E-state index contributed by atoms with van der Waals surface area (Å²) in [5.74, 6) is 1.30. The number of halogens is 1. The number of nitrogens with one attached hydrogen (secondary N) is 1. The fourth-order valence-corrected chi connectivity index (χ4v) is 1.50. The lowest BCUT2D eigenvalue weighted by atomic mass is 10.1. The van der Waals surface area contributed by atoms with Crippen molar-refractivity contribution in [2.24, 2.45) is 5.92 Å². The maximum Gasteiger partial charge on any atom is 0.118 e. The van der Waals surface area contributed by atoms with E-state index in [0.717, 1.165) is 12.3 Å². The molecule has 17 heavy (non-hydrogen) atoms. The Labute approximate surface area is 110 Å². The van der Waals surface area contributed by atoms with Crippen LogP contribution in [-0.4, -0.2) is 24.9 Å². The summed E-state index contributed by atoms with van der Waals surface area (Å²) in [5.41, 5.74) is 1.19. The van der Waals surface area contributed by atoms with E-state index >= 15 is 0 Å². The quantitative estimate of drug-likeness (QED) is 0.823. The molecule has 0 fully saturated rings. The van der Waals surface area contributed by atoms with Gasteiger partial charge in [-0.25, -0.2) is 0 Å². The molecule has 1 unspecified atom stereocenters. The second-order valence-electron chi connectivity index (χ2n) is 4.26. The molecule has 1 atom stereocenters. The molecule has 1 aromatic rings. The number of hydrogen-bond acceptors (Lipinski definition) is 3. The molecular weight excluding hydrogens is 238 g/mol. The molecule has 98 valence electrons. The lowest BCUT2D eigenvalue weighted by Crippen LogP contribution is -2.36. The van der Waals surface area contributed by atoms with E-state index in [1.54, 1.807) is 7.11 Å². The van der Waals surface area contributed by atoms with Crippen LogP contribution in [-0.2, 0) is 6.54 Å². The lowest BCUT2D eigenvalue weighted by molar-refractivity contribution is 0.210. The average molecular weight is 260 g/mol. The standard InChI is InChI=1S/C13H21NO2.ClH/c1-10(2)13(9-15)14-8-11-4-6-12(16-3)7-5-11;/h4-7,10,13-15H,8-9H2,1-3H3;1H. The Morgan fingerprint density at radius 3 is 2.24 bits per heavy atom. The van der Waals surface area contributed by atoms with E-state index in [4.69, 9.17) is 4.74 Å². The zero-order chi connectivity index (χ0) is 12.0. The Hall–Kier alpha value is -0.770. The number of benzene rings is 1. The highest BCUT2D eigenvalue weighted by molar-refractivity contribution is 5.85. The number of aliphatic hydroxyl groups is 1. The Morgan fingerprint density at radius 2 is 1.82 bits per heavy atom. The van der Waals surface area contributed by atoms with Crippen LogP contribution in [0, 0.1) is 5.92 Å². The minimum absolute atomic E-state index is 0. The van der Waals surface area contributed by atoms with Gasteiger partial charge in [0.25, 0.3) is 0 Å². The number of aliphatic hydroxyl groups excluding tert-OH is 1. The molecule has 0 bridgehead atoms. The molecule has 0 saturated carbocycles. The fourth-order valence-electron chi connectivity index (χ4n) is 1.50. The maximum absolute atomic E-state index is 9.17. The van der Waals surface area contributed by atoms with E-state index in [9.17, 15) is 5.11 Å². The van der Waals surface area contributed by atoms with Crippen molar-refractivity contribution in [2.75, 3.05) is 13.7 Å². The minimum atomic E-state index is 0. The molecule has 4 heteroatoms. The second-order valence-corrected chi connectivity index (χ2v) is 4.26. The van der Waals surface area contributed by atoms with E-state index in [1.165, 1.54) is 5.56 Å². The first-order chi connectivity index (χ1) is 7.67. The van der Waals surface area contributed by atoms with Crippen molar-refractivity contribution in [2.45, 2.75) is 26.4 Å². The third-order valence-electron chi connectivity index (χ3n) is 2.73. The third kappa shape index (κ3) is 5.39. The summed E-state index contributed by atoms with van der Waals surface area (Å²) >= 11 is 0. The molecular formula is C13H22ClNO2. The molecule has 0 spiro atoms. The van der Waals surface area contributed by atoms with Crippen LogP contribution in [0.2, 0.25) is 0 Å². The topological polar surface area (TPSA) is 41.5 Å². The molecule has 0 aliphatic heterocycles. The highest BCUT2D eigenvalue weighted by Gasteiger charge is 2.10. The molecule has 1 rings (SSSR count).